The van der Waals surface area contributed by atoms with Crippen LogP contribution in [-0.4, -0.2) is 28.3 Å². The lowest BCUT2D eigenvalue weighted by molar-refractivity contribution is -0.136. The van der Waals surface area contributed by atoms with Gasteiger partial charge in [-0.15, -0.1) is 0 Å². The van der Waals surface area contributed by atoms with Crippen molar-refractivity contribution in [2.45, 2.75) is 12.8 Å². The molecule has 150 valence electrons. The predicted octanol–water partition coefficient (Wildman–Crippen LogP) is 4.18. The molecule has 3 rings (SSSR count). The topological polar surface area (TPSA) is 99.0 Å². The van der Waals surface area contributed by atoms with E-state index in [4.69, 9.17) is 16.7 Å². The smallest absolute Gasteiger partial charge is 0.304 e. The largest absolute Gasteiger partial charge is 0.506 e. The van der Waals surface area contributed by atoms with Gasteiger partial charge in [0.25, 0.3) is 5.91 Å². The van der Waals surface area contributed by atoms with E-state index in [9.17, 15) is 14.7 Å². The van der Waals surface area contributed by atoms with E-state index in [1.54, 1.807) is 0 Å². The summed E-state index contributed by atoms with van der Waals surface area (Å²) < 4.78 is 0. The average molecular weight is 421 g/mol. The zero-order valence-corrected chi connectivity index (χ0v) is 16.5. The molecule has 30 heavy (non-hydrogen) atoms. The maximum absolute atomic E-state index is 12.2. The van der Waals surface area contributed by atoms with Gasteiger partial charge in [0.2, 0.25) is 0 Å². The third-order valence-electron chi connectivity index (χ3n) is 4.22. The van der Waals surface area contributed by atoms with E-state index < -0.39 is 11.9 Å². The average Bonchev–Trinajstić information content (AvgIpc) is 2.73. The number of amides is 1. The van der Waals surface area contributed by atoms with Crippen LogP contribution in [0.5, 0.6) is 5.75 Å². The number of carboxylic acids is 1. The minimum absolute atomic E-state index is 0.00160. The maximum atomic E-state index is 12.2. The highest BCUT2D eigenvalue weighted by molar-refractivity contribution is 6.32. The molecular weight excluding hydrogens is 404 g/mol. The number of aromatic hydroxyl groups is 1. The van der Waals surface area contributed by atoms with Gasteiger partial charge in [0.15, 0.2) is 0 Å². The number of fused-ring (bicyclic) bond motifs is 1. The number of benzene rings is 3. The second-order valence-corrected chi connectivity index (χ2v) is 6.72. The molecule has 7 heteroatoms. The van der Waals surface area contributed by atoms with Crippen molar-refractivity contribution < 1.29 is 19.8 Å². The molecule has 0 unspecified atom stereocenters. The zero-order chi connectivity index (χ0) is 21.5. The Morgan fingerprint density at radius 3 is 2.60 bits per heavy atom. The SMILES string of the molecule is O=C(O)CCC#Cc1ccc(C=NNC(=O)c2ccc(O)c(Cl)c2)c2ccccc12. The Hall–Kier alpha value is -3.82. The van der Waals surface area contributed by atoms with Crippen molar-refractivity contribution in [3.05, 3.63) is 76.3 Å². The lowest BCUT2D eigenvalue weighted by atomic mass is 10.00. The fraction of sp³-hybridized carbons (Fsp3) is 0.0870. The number of phenols is 1. The van der Waals surface area contributed by atoms with Gasteiger partial charge in [-0.3, -0.25) is 9.59 Å². The van der Waals surface area contributed by atoms with Crippen LogP contribution >= 0.6 is 11.6 Å². The van der Waals surface area contributed by atoms with E-state index in [-0.39, 0.29) is 29.2 Å². The van der Waals surface area contributed by atoms with Crippen molar-refractivity contribution in [3.8, 4) is 17.6 Å². The van der Waals surface area contributed by atoms with E-state index in [0.29, 0.717) is 0 Å². The van der Waals surface area contributed by atoms with Crippen LogP contribution < -0.4 is 5.43 Å². The van der Waals surface area contributed by atoms with E-state index in [1.807, 2.05) is 36.4 Å². The van der Waals surface area contributed by atoms with Crippen molar-refractivity contribution in [1.82, 2.24) is 5.43 Å². The second-order valence-electron chi connectivity index (χ2n) is 6.31. The number of nitrogens with one attached hydrogen (secondary N) is 1. The first-order chi connectivity index (χ1) is 14.5. The monoisotopic (exact) mass is 420 g/mol. The summed E-state index contributed by atoms with van der Waals surface area (Å²) >= 11 is 5.82. The molecule has 0 aliphatic rings. The number of hydrogen-bond donors (Lipinski definition) is 3. The summed E-state index contributed by atoms with van der Waals surface area (Å²) in [7, 11) is 0. The van der Waals surface area contributed by atoms with Gasteiger partial charge in [-0.05, 0) is 35.0 Å². The number of hydrogen-bond acceptors (Lipinski definition) is 4. The Morgan fingerprint density at radius 1 is 1.10 bits per heavy atom. The van der Waals surface area contributed by atoms with Crippen molar-refractivity contribution in [2.24, 2.45) is 5.10 Å². The first-order valence-electron chi connectivity index (χ1n) is 9.00. The molecule has 0 atom stereocenters. The molecule has 0 aliphatic heterocycles. The fourth-order valence-corrected chi connectivity index (χ4v) is 2.92. The summed E-state index contributed by atoms with van der Waals surface area (Å²) in [5, 5.41) is 24.0. The highest BCUT2D eigenvalue weighted by atomic mass is 35.5. The lowest BCUT2D eigenvalue weighted by Crippen LogP contribution is -2.17. The summed E-state index contributed by atoms with van der Waals surface area (Å²) in [4.78, 5) is 22.8. The van der Waals surface area contributed by atoms with Crippen LogP contribution in [0.25, 0.3) is 10.8 Å². The zero-order valence-electron chi connectivity index (χ0n) is 15.7. The van der Waals surface area contributed by atoms with Gasteiger partial charge in [-0.1, -0.05) is 53.8 Å². The van der Waals surface area contributed by atoms with Crippen molar-refractivity contribution in [2.75, 3.05) is 0 Å². The van der Waals surface area contributed by atoms with Crippen molar-refractivity contribution in [1.29, 1.82) is 0 Å². The number of carbonyl (C=O) groups excluding carboxylic acids is 1. The van der Waals surface area contributed by atoms with Gasteiger partial charge in [0.05, 0.1) is 17.7 Å². The molecule has 0 aliphatic carbocycles. The van der Waals surface area contributed by atoms with Crippen LogP contribution in [0.2, 0.25) is 5.02 Å². The molecule has 0 saturated carbocycles. The number of phenolic OH excluding ortho intramolecular Hbond substituents is 1. The minimum Gasteiger partial charge on any atom is -0.506 e. The normalized spacial score (nSPS) is 10.6. The Bertz CT molecular complexity index is 1210. The summed E-state index contributed by atoms with van der Waals surface area (Å²) in [6.45, 7) is 0. The second kappa shape index (κ2) is 9.59. The lowest BCUT2D eigenvalue weighted by Gasteiger charge is -2.05. The third-order valence-corrected chi connectivity index (χ3v) is 4.53. The van der Waals surface area contributed by atoms with E-state index >= 15 is 0 Å². The number of rotatable bonds is 5. The van der Waals surface area contributed by atoms with Crippen LogP contribution in [0.4, 0.5) is 0 Å². The predicted molar refractivity (Wildman–Crippen MR) is 116 cm³/mol. The van der Waals surface area contributed by atoms with Crippen LogP contribution in [0.3, 0.4) is 0 Å². The van der Waals surface area contributed by atoms with Gasteiger partial charge in [-0.25, -0.2) is 5.43 Å². The van der Waals surface area contributed by atoms with Gasteiger partial charge < -0.3 is 10.2 Å². The first kappa shape index (κ1) is 20.9. The highest BCUT2D eigenvalue weighted by Gasteiger charge is 2.08. The number of halogens is 1. The first-order valence-corrected chi connectivity index (χ1v) is 9.38. The molecule has 3 aromatic rings. The molecule has 0 radical (unpaired) electrons. The molecule has 0 heterocycles. The van der Waals surface area contributed by atoms with Crippen LogP contribution in [0, 0.1) is 11.8 Å². The van der Waals surface area contributed by atoms with Gasteiger partial charge in [0.1, 0.15) is 5.75 Å². The summed E-state index contributed by atoms with van der Waals surface area (Å²) in [5.74, 6) is 4.45. The van der Waals surface area contributed by atoms with Crippen molar-refractivity contribution in [3.63, 3.8) is 0 Å². The molecule has 0 spiro atoms. The van der Waals surface area contributed by atoms with E-state index in [0.717, 1.165) is 21.9 Å². The summed E-state index contributed by atoms with van der Waals surface area (Å²) in [5.41, 5.74) is 4.27. The standard InChI is InChI=1S/C23H17ClN2O4/c24-20-13-16(11-12-21(20)27)23(30)26-25-14-17-10-9-15(5-1-4-8-22(28)29)18-6-2-3-7-19(17)18/h2-3,6-7,9-14,27H,4,8H2,(H,26,30)(H,28,29). The molecule has 0 aromatic heterocycles. The molecule has 1 amide bonds. The highest BCUT2D eigenvalue weighted by Crippen LogP contribution is 2.24. The van der Waals surface area contributed by atoms with Gasteiger partial charge in [-0.2, -0.15) is 5.10 Å². The summed E-state index contributed by atoms with van der Waals surface area (Å²) in [6.07, 6.45) is 1.81. The molecule has 6 nitrogen and oxygen atoms in total. The molecule has 0 saturated heterocycles. The van der Waals surface area contributed by atoms with Crippen LogP contribution in [0.15, 0.2) is 59.7 Å². The van der Waals surface area contributed by atoms with Crippen LogP contribution in [-0.2, 0) is 4.79 Å². The molecule has 0 bridgehead atoms. The van der Waals surface area contributed by atoms with Gasteiger partial charge in [0, 0.05) is 23.1 Å². The number of hydrazone groups is 1. The maximum Gasteiger partial charge on any atom is 0.304 e. The Morgan fingerprint density at radius 2 is 1.87 bits per heavy atom. The van der Waals surface area contributed by atoms with Crippen molar-refractivity contribution >= 4 is 40.5 Å². The van der Waals surface area contributed by atoms with E-state index in [2.05, 4.69) is 22.4 Å². The number of aliphatic carboxylic acids is 1. The minimum atomic E-state index is -0.877. The number of carboxylic acid groups (broad SMARTS) is 1. The summed E-state index contributed by atoms with van der Waals surface area (Å²) in [6, 6.07) is 15.4. The Labute approximate surface area is 177 Å². The van der Waals surface area contributed by atoms with Crippen LogP contribution in [0.1, 0.15) is 34.3 Å². The Kier molecular flexibility index (Phi) is 6.68. The molecule has 3 N–H and O–H groups in total. The fourth-order valence-electron chi connectivity index (χ4n) is 2.74. The number of nitrogens with zero attached hydrogens (tertiary/aromatic N) is 1. The Balaban J connectivity index is 1.79. The quantitative estimate of drug-likeness (QED) is 0.327. The van der Waals surface area contributed by atoms with E-state index in [1.165, 1.54) is 24.4 Å². The molecular formula is C23H17ClN2O4. The third kappa shape index (κ3) is 5.16. The molecule has 3 aromatic carbocycles. The number of carbonyl (C=O) groups is 2. The molecule has 0 fully saturated rings. The van der Waals surface area contributed by atoms with Gasteiger partial charge >= 0.3 is 5.97 Å².